The molecule has 0 radical (unpaired) electrons. The van der Waals surface area contributed by atoms with Crippen LogP contribution in [0.15, 0.2) is 24.3 Å². The Morgan fingerprint density at radius 3 is 2.67 bits per heavy atom. The summed E-state index contributed by atoms with van der Waals surface area (Å²) >= 11 is 0. The summed E-state index contributed by atoms with van der Waals surface area (Å²) in [4.78, 5) is 12.7. The van der Waals surface area contributed by atoms with Gasteiger partial charge < -0.3 is 10.6 Å². The molecule has 116 valence electrons. The van der Waals surface area contributed by atoms with E-state index in [1.54, 1.807) is 6.07 Å². The smallest absolute Gasteiger partial charge is 0.230 e. The van der Waals surface area contributed by atoms with Gasteiger partial charge in [0.15, 0.2) is 0 Å². The summed E-state index contributed by atoms with van der Waals surface area (Å²) < 4.78 is 13.5. The van der Waals surface area contributed by atoms with Gasteiger partial charge in [0.05, 0.1) is 5.41 Å². The van der Waals surface area contributed by atoms with E-state index < -0.39 is 5.41 Å². The fourth-order valence-electron chi connectivity index (χ4n) is 3.15. The third-order valence-corrected chi connectivity index (χ3v) is 4.28. The van der Waals surface area contributed by atoms with Gasteiger partial charge in [0.2, 0.25) is 5.91 Å². The van der Waals surface area contributed by atoms with Gasteiger partial charge in [-0.25, -0.2) is 4.39 Å². The normalized spacial score (nSPS) is 16.9. The van der Waals surface area contributed by atoms with Crippen molar-refractivity contribution >= 4 is 5.91 Å². The van der Waals surface area contributed by atoms with Crippen molar-refractivity contribution in [1.29, 1.82) is 0 Å². The molecule has 1 fully saturated rings. The second kappa shape index (κ2) is 7.55. The quantitative estimate of drug-likeness (QED) is 0.759. The summed E-state index contributed by atoms with van der Waals surface area (Å²) in [5.41, 5.74) is 0.284. The molecule has 0 atom stereocenters. The van der Waals surface area contributed by atoms with Gasteiger partial charge in [0, 0.05) is 13.1 Å². The molecule has 0 unspecified atom stereocenters. The molecule has 0 aliphatic heterocycles. The van der Waals surface area contributed by atoms with Gasteiger partial charge >= 0.3 is 0 Å². The molecule has 4 heteroatoms. The van der Waals surface area contributed by atoms with Crippen LogP contribution in [0, 0.1) is 5.82 Å². The summed E-state index contributed by atoms with van der Waals surface area (Å²) in [5.74, 6) is -0.222. The molecule has 1 aromatic carbocycles. The van der Waals surface area contributed by atoms with Crippen LogP contribution in [-0.2, 0) is 10.2 Å². The topological polar surface area (TPSA) is 41.1 Å². The van der Waals surface area contributed by atoms with Gasteiger partial charge in [-0.05, 0) is 43.5 Å². The highest BCUT2D eigenvalue weighted by Crippen LogP contribution is 2.41. The van der Waals surface area contributed by atoms with E-state index in [1.165, 1.54) is 12.1 Å². The van der Waals surface area contributed by atoms with Crippen molar-refractivity contribution in [2.45, 2.75) is 44.4 Å². The molecule has 2 rings (SSSR count). The van der Waals surface area contributed by atoms with Gasteiger partial charge in [-0.15, -0.1) is 0 Å². The number of halogens is 1. The fraction of sp³-hybridized carbons (Fsp3) is 0.588. The maximum atomic E-state index is 13.5. The lowest BCUT2D eigenvalue weighted by Crippen LogP contribution is -2.44. The summed E-state index contributed by atoms with van der Waals surface area (Å²) in [6.45, 7) is 4.47. The average molecular weight is 292 g/mol. The van der Waals surface area contributed by atoms with Crippen LogP contribution in [0.25, 0.3) is 0 Å². The molecule has 2 N–H and O–H groups in total. The molecule has 0 spiro atoms. The Morgan fingerprint density at radius 1 is 1.24 bits per heavy atom. The van der Waals surface area contributed by atoms with Crippen LogP contribution >= 0.6 is 0 Å². The Balaban J connectivity index is 2.02. The summed E-state index contributed by atoms with van der Waals surface area (Å²) in [7, 11) is 0. The highest BCUT2D eigenvalue weighted by atomic mass is 19.1. The Kier molecular flexibility index (Phi) is 5.74. The average Bonchev–Trinajstić information content (AvgIpc) is 2.98. The van der Waals surface area contributed by atoms with Gasteiger partial charge in [-0.3, -0.25) is 4.79 Å². The van der Waals surface area contributed by atoms with E-state index in [9.17, 15) is 9.18 Å². The van der Waals surface area contributed by atoms with Gasteiger partial charge in [0.1, 0.15) is 5.82 Å². The van der Waals surface area contributed by atoms with Crippen LogP contribution in [-0.4, -0.2) is 25.5 Å². The molecule has 21 heavy (non-hydrogen) atoms. The van der Waals surface area contributed by atoms with E-state index in [1.807, 2.05) is 6.07 Å². The second-order valence-corrected chi connectivity index (χ2v) is 5.81. The standard InChI is InChI=1S/C17H25FN2O/c1-2-10-19-11-12-20-16(21)17(8-3-4-9-17)14-6-5-7-15(18)13-14/h5-7,13,19H,2-4,8-12H2,1H3,(H,20,21). The van der Waals surface area contributed by atoms with E-state index in [0.29, 0.717) is 6.54 Å². The number of carbonyl (C=O) groups excluding carboxylic acids is 1. The van der Waals surface area contributed by atoms with Crippen molar-refractivity contribution in [2.24, 2.45) is 0 Å². The number of hydrogen-bond donors (Lipinski definition) is 2. The van der Waals surface area contributed by atoms with Crippen molar-refractivity contribution in [3.8, 4) is 0 Å². The van der Waals surface area contributed by atoms with E-state index in [0.717, 1.165) is 50.8 Å². The first-order valence-corrected chi connectivity index (χ1v) is 7.94. The van der Waals surface area contributed by atoms with Crippen molar-refractivity contribution in [3.63, 3.8) is 0 Å². The molecular formula is C17H25FN2O. The summed E-state index contributed by atoms with van der Waals surface area (Å²) in [6.07, 6.45) is 4.76. The predicted molar refractivity (Wildman–Crippen MR) is 82.7 cm³/mol. The van der Waals surface area contributed by atoms with Gasteiger partial charge in [-0.2, -0.15) is 0 Å². The number of hydrogen-bond acceptors (Lipinski definition) is 2. The minimum atomic E-state index is -0.535. The molecule has 1 saturated carbocycles. The molecule has 0 saturated heterocycles. The molecular weight excluding hydrogens is 267 g/mol. The van der Waals surface area contributed by atoms with Gasteiger partial charge in [0.25, 0.3) is 0 Å². The molecule has 1 aromatic rings. The van der Waals surface area contributed by atoms with Crippen LogP contribution in [0.4, 0.5) is 4.39 Å². The first kappa shape index (κ1) is 16.0. The zero-order valence-electron chi connectivity index (χ0n) is 12.8. The number of benzene rings is 1. The van der Waals surface area contributed by atoms with Crippen LogP contribution in [0.2, 0.25) is 0 Å². The first-order valence-electron chi connectivity index (χ1n) is 7.94. The highest BCUT2D eigenvalue weighted by Gasteiger charge is 2.42. The Labute approximate surface area is 126 Å². The molecule has 3 nitrogen and oxygen atoms in total. The molecule has 1 aliphatic carbocycles. The van der Waals surface area contributed by atoms with Gasteiger partial charge in [-0.1, -0.05) is 31.9 Å². The van der Waals surface area contributed by atoms with E-state index in [-0.39, 0.29) is 11.7 Å². The lowest BCUT2D eigenvalue weighted by atomic mass is 9.78. The van der Waals surface area contributed by atoms with E-state index in [2.05, 4.69) is 17.6 Å². The SMILES string of the molecule is CCCNCCNC(=O)C1(c2cccc(F)c2)CCCC1. The van der Waals surface area contributed by atoms with Crippen molar-refractivity contribution < 1.29 is 9.18 Å². The van der Waals surface area contributed by atoms with Crippen molar-refractivity contribution in [3.05, 3.63) is 35.6 Å². The second-order valence-electron chi connectivity index (χ2n) is 5.81. The Morgan fingerprint density at radius 2 is 2.00 bits per heavy atom. The molecule has 0 heterocycles. The zero-order chi connectivity index (χ0) is 15.1. The van der Waals surface area contributed by atoms with E-state index in [4.69, 9.17) is 0 Å². The third-order valence-electron chi connectivity index (χ3n) is 4.28. The van der Waals surface area contributed by atoms with E-state index >= 15 is 0 Å². The van der Waals surface area contributed by atoms with Crippen LogP contribution in [0.5, 0.6) is 0 Å². The minimum absolute atomic E-state index is 0.0453. The van der Waals surface area contributed by atoms with Crippen LogP contribution in [0.1, 0.15) is 44.6 Å². The Bertz CT molecular complexity index is 470. The zero-order valence-corrected chi connectivity index (χ0v) is 12.8. The monoisotopic (exact) mass is 292 g/mol. The van der Waals surface area contributed by atoms with Crippen molar-refractivity contribution in [2.75, 3.05) is 19.6 Å². The molecule has 1 amide bonds. The molecule has 0 aromatic heterocycles. The summed E-state index contributed by atoms with van der Waals surface area (Å²) in [5, 5.41) is 6.29. The predicted octanol–water partition coefficient (Wildman–Crippen LogP) is 2.75. The fourth-order valence-corrected chi connectivity index (χ4v) is 3.15. The summed E-state index contributed by atoms with van der Waals surface area (Å²) in [6, 6.07) is 6.52. The number of rotatable bonds is 7. The Hall–Kier alpha value is -1.42. The number of amides is 1. The molecule has 1 aliphatic rings. The maximum absolute atomic E-state index is 13.5. The highest BCUT2D eigenvalue weighted by molar-refractivity contribution is 5.88. The maximum Gasteiger partial charge on any atom is 0.230 e. The lowest BCUT2D eigenvalue weighted by Gasteiger charge is -2.28. The third kappa shape index (κ3) is 3.82. The number of nitrogens with one attached hydrogen (secondary N) is 2. The van der Waals surface area contributed by atoms with Crippen LogP contribution < -0.4 is 10.6 Å². The van der Waals surface area contributed by atoms with Crippen molar-refractivity contribution in [1.82, 2.24) is 10.6 Å². The number of carbonyl (C=O) groups is 1. The van der Waals surface area contributed by atoms with Crippen LogP contribution in [0.3, 0.4) is 0 Å². The molecule has 0 bridgehead atoms. The minimum Gasteiger partial charge on any atom is -0.354 e. The first-order chi connectivity index (χ1) is 10.2. The largest absolute Gasteiger partial charge is 0.354 e. The lowest BCUT2D eigenvalue weighted by molar-refractivity contribution is -0.126.